The molecule has 1 N–H and O–H groups in total. The number of benzene rings is 3. The lowest BCUT2D eigenvalue weighted by atomic mass is 10.00. The van der Waals surface area contributed by atoms with Gasteiger partial charge < -0.3 is 10.2 Å². The molecule has 0 aliphatic heterocycles. The molecule has 0 heterocycles. The smallest absolute Gasteiger partial charge is 0.243 e. The number of carbonyl (C=O) groups is 2. The van der Waals surface area contributed by atoms with Gasteiger partial charge in [-0.1, -0.05) is 82.7 Å². The molecule has 0 radical (unpaired) electrons. The monoisotopic (exact) mass is 506 g/mol. The van der Waals surface area contributed by atoms with Crippen molar-refractivity contribution in [2.75, 3.05) is 0 Å². The first-order valence-electron chi connectivity index (χ1n) is 11.3. The lowest BCUT2D eigenvalue weighted by Crippen LogP contribution is -2.52. The minimum atomic E-state index is -0.616. The van der Waals surface area contributed by atoms with Crippen LogP contribution in [-0.2, 0) is 29.0 Å². The Hall–Kier alpha value is -2.92. The maximum Gasteiger partial charge on any atom is 0.243 e. The molecule has 3 rings (SSSR count). The molecule has 0 aromatic heterocycles. The summed E-state index contributed by atoms with van der Waals surface area (Å²) in [6, 6.07) is 25.0. The minimum absolute atomic E-state index is 0.0169. The first kappa shape index (κ1) is 24.7. The predicted molar refractivity (Wildman–Crippen MR) is 137 cm³/mol. The van der Waals surface area contributed by atoms with Crippen molar-refractivity contribution in [1.29, 1.82) is 0 Å². The highest BCUT2D eigenvalue weighted by atomic mass is 79.9. The topological polar surface area (TPSA) is 49.4 Å². The van der Waals surface area contributed by atoms with Crippen molar-refractivity contribution in [3.63, 3.8) is 0 Å². The predicted octanol–water partition coefficient (Wildman–Crippen LogP) is 5.46. The Labute approximate surface area is 205 Å². The van der Waals surface area contributed by atoms with Gasteiger partial charge in [-0.15, -0.1) is 0 Å². The number of hydrogen-bond acceptors (Lipinski definition) is 2. The van der Waals surface area contributed by atoms with Crippen molar-refractivity contribution >= 4 is 27.7 Å². The molecule has 0 aliphatic rings. The van der Waals surface area contributed by atoms with Gasteiger partial charge in [0.05, 0.1) is 6.42 Å². The third-order valence-electron chi connectivity index (χ3n) is 5.57. The van der Waals surface area contributed by atoms with Gasteiger partial charge in [0.1, 0.15) is 6.04 Å². The van der Waals surface area contributed by atoms with Gasteiger partial charge in [0.25, 0.3) is 0 Å². The Balaban J connectivity index is 1.97. The molecule has 0 bridgehead atoms. The van der Waals surface area contributed by atoms with E-state index in [1.807, 2.05) is 99.6 Å². The molecule has 33 heavy (non-hydrogen) atoms. The lowest BCUT2D eigenvalue weighted by molar-refractivity contribution is -0.141. The van der Waals surface area contributed by atoms with E-state index in [0.29, 0.717) is 13.0 Å². The number of halogens is 1. The fraction of sp³-hybridized carbons (Fsp3) is 0.286. The van der Waals surface area contributed by atoms with Gasteiger partial charge in [-0.3, -0.25) is 9.59 Å². The van der Waals surface area contributed by atoms with Crippen LogP contribution in [0.4, 0.5) is 0 Å². The largest absolute Gasteiger partial charge is 0.352 e. The Morgan fingerprint density at radius 1 is 0.879 bits per heavy atom. The number of hydrogen-bond donors (Lipinski definition) is 1. The maximum absolute atomic E-state index is 13.7. The molecule has 3 aromatic carbocycles. The normalized spacial score (nSPS) is 11.8. The van der Waals surface area contributed by atoms with Crippen LogP contribution < -0.4 is 5.32 Å². The summed E-state index contributed by atoms with van der Waals surface area (Å²) >= 11 is 3.47. The molecule has 2 amide bonds. The van der Waals surface area contributed by atoms with Crippen molar-refractivity contribution < 1.29 is 9.59 Å². The highest BCUT2D eigenvalue weighted by molar-refractivity contribution is 9.10. The van der Waals surface area contributed by atoms with Crippen LogP contribution in [0.3, 0.4) is 0 Å². The summed E-state index contributed by atoms with van der Waals surface area (Å²) in [5, 5.41) is 3.03. The van der Waals surface area contributed by atoms with Gasteiger partial charge in [0, 0.05) is 23.5 Å². The van der Waals surface area contributed by atoms with Crippen LogP contribution in [0.15, 0.2) is 83.3 Å². The fourth-order valence-electron chi connectivity index (χ4n) is 3.79. The van der Waals surface area contributed by atoms with E-state index in [0.717, 1.165) is 26.7 Å². The number of amides is 2. The van der Waals surface area contributed by atoms with E-state index in [-0.39, 0.29) is 24.3 Å². The average Bonchev–Trinajstić information content (AvgIpc) is 2.79. The first-order valence-corrected chi connectivity index (χ1v) is 12.1. The number of rotatable bonds is 9. The summed E-state index contributed by atoms with van der Waals surface area (Å²) in [6.07, 6.45) is 0.707. The van der Waals surface area contributed by atoms with Gasteiger partial charge in [0.2, 0.25) is 11.8 Å². The van der Waals surface area contributed by atoms with Gasteiger partial charge in [-0.2, -0.15) is 0 Å². The number of carbonyl (C=O) groups excluding carboxylic acids is 2. The van der Waals surface area contributed by atoms with Crippen molar-refractivity contribution in [3.05, 3.63) is 106 Å². The third kappa shape index (κ3) is 7.29. The maximum atomic E-state index is 13.7. The summed E-state index contributed by atoms with van der Waals surface area (Å²) < 4.78 is 0.974. The van der Waals surface area contributed by atoms with E-state index in [2.05, 4.69) is 21.2 Å². The number of nitrogens with one attached hydrogen (secondary N) is 1. The van der Waals surface area contributed by atoms with Crippen LogP contribution in [0.5, 0.6) is 0 Å². The molecule has 0 saturated carbocycles. The molecule has 0 aliphatic carbocycles. The SMILES string of the molecule is Cc1ccccc1CC(=O)N(Cc1ccc(Br)cc1)[C@@H](Cc1ccccc1)C(=O)NC(C)C. The van der Waals surface area contributed by atoms with Crippen molar-refractivity contribution in [3.8, 4) is 0 Å². The van der Waals surface area contributed by atoms with E-state index in [9.17, 15) is 9.59 Å². The average molecular weight is 507 g/mol. The molecule has 5 heteroatoms. The molecule has 0 unspecified atom stereocenters. The van der Waals surface area contributed by atoms with Crippen molar-refractivity contribution in [2.45, 2.75) is 52.2 Å². The van der Waals surface area contributed by atoms with Gasteiger partial charge in [-0.25, -0.2) is 0 Å². The second-order valence-corrected chi connectivity index (χ2v) is 9.54. The zero-order valence-electron chi connectivity index (χ0n) is 19.4. The summed E-state index contributed by atoms with van der Waals surface area (Å²) in [4.78, 5) is 28.8. The molecule has 0 saturated heterocycles. The van der Waals surface area contributed by atoms with E-state index in [4.69, 9.17) is 0 Å². The molecule has 4 nitrogen and oxygen atoms in total. The second kappa shape index (κ2) is 11.8. The Bertz CT molecular complexity index is 1060. The Morgan fingerprint density at radius 3 is 2.15 bits per heavy atom. The van der Waals surface area contributed by atoms with Gasteiger partial charge >= 0.3 is 0 Å². The molecule has 3 aromatic rings. The zero-order valence-corrected chi connectivity index (χ0v) is 21.0. The standard InChI is InChI=1S/C28H31BrN2O2/c1-20(2)30-28(33)26(17-22-10-5-4-6-11-22)31(19-23-13-15-25(29)16-14-23)27(32)18-24-12-8-7-9-21(24)3/h4-16,20,26H,17-19H2,1-3H3,(H,30,33)/t26-/m0/s1. The number of nitrogens with zero attached hydrogens (tertiary/aromatic N) is 1. The zero-order chi connectivity index (χ0) is 23.8. The van der Waals surface area contributed by atoms with Gasteiger partial charge in [-0.05, 0) is 55.2 Å². The Kier molecular flexibility index (Phi) is 8.84. The second-order valence-electron chi connectivity index (χ2n) is 8.62. The Morgan fingerprint density at radius 2 is 1.52 bits per heavy atom. The molecular formula is C28H31BrN2O2. The van der Waals surface area contributed by atoms with E-state index < -0.39 is 6.04 Å². The fourth-order valence-corrected chi connectivity index (χ4v) is 4.06. The molecular weight excluding hydrogens is 476 g/mol. The molecule has 1 atom stereocenters. The van der Waals surface area contributed by atoms with Crippen molar-refractivity contribution in [1.82, 2.24) is 10.2 Å². The van der Waals surface area contributed by atoms with E-state index in [1.165, 1.54) is 0 Å². The lowest BCUT2D eigenvalue weighted by Gasteiger charge is -2.32. The first-order chi connectivity index (χ1) is 15.8. The van der Waals surface area contributed by atoms with Crippen LogP contribution in [-0.4, -0.2) is 28.8 Å². The number of aryl methyl sites for hydroxylation is 1. The van der Waals surface area contributed by atoms with Crippen LogP contribution in [0.1, 0.15) is 36.1 Å². The van der Waals surface area contributed by atoms with Crippen LogP contribution >= 0.6 is 15.9 Å². The van der Waals surface area contributed by atoms with Crippen molar-refractivity contribution in [2.24, 2.45) is 0 Å². The summed E-state index contributed by atoms with van der Waals surface area (Å²) in [6.45, 7) is 6.24. The summed E-state index contributed by atoms with van der Waals surface area (Å²) in [5.41, 5.74) is 4.05. The molecule has 0 fully saturated rings. The summed E-state index contributed by atoms with van der Waals surface area (Å²) in [7, 11) is 0. The molecule has 0 spiro atoms. The van der Waals surface area contributed by atoms with Crippen LogP contribution in [0.2, 0.25) is 0 Å². The highest BCUT2D eigenvalue weighted by Gasteiger charge is 2.30. The highest BCUT2D eigenvalue weighted by Crippen LogP contribution is 2.19. The minimum Gasteiger partial charge on any atom is -0.352 e. The van der Waals surface area contributed by atoms with E-state index in [1.54, 1.807) is 4.90 Å². The summed E-state index contributed by atoms with van der Waals surface area (Å²) in [5.74, 6) is -0.198. The quantitative estimate of drug-likeness (QED) is 0.418. The van der Waals surface area contributed by atoms with Crippen LogP contribution in [0.25, 0.3) is 0 Å². The van der Waals surface area contributed by atoms with Crippen LogP contribution in [0, 0.1) is 6.92 Å². The molecule has 172 valence electrons. The van der Waals surface area contributed by atoms with E-state index >= 15 is 0 Å². The van der Waals surface area contributed by atoms with Gasteiger partial charge in [0.15, 0.2) is 0 Å². The third-order valence-corrected chi connectivity index (χ3v) is 6.10.